The van der Waals surface area contributed by atoms with Crippen molar-refractivity contribution in [3.8, 4) is 45.8 Å². The van der Waals surface area contributed by atoms with Crippen LogP contribution in [0.5, 0.6) is 11.8 Å². The third-order valence-corrected chi connectivity index (χ3v) is 19.0. The van der Waals surface area contributed by atoms with Crippen LogP contribution < -0.4 is 25.2 Å². The summed E-state index contributed by atoms with van der Waals surface area (Å²) in [5.41, 5.74) is 3.86. The normalized spacial score (nSPS) is 21.8. The molecule has 4 aromatic heterocycles. The number of carbonyl (C=O) groups excluding carboxylic acids is 2. The molecular weight excluding hydrogens is 1090 g/mol. The summed E-state index contributed by atoms with van der Waals surface area (Å²) in [6.45, 7) is 12.6. The number of halogens is 2. The Morgan fingerprint density at radius 1 is 0.964 bits per heavy atom. The van der Waals surface area contributed by atoms with Gasteiger partial charge in [0.15, 0.2) is 17.4 Å². The van der Waals surface area contributed by atoms with E-state index in [9.17, 15) is 24.9 Å². The van der Waals surface area contributed by atoms with Gasteiger partial charge in [0, 0.05) is 94.1 Å². The van der Waals surface area contributed by atoms with Crippen LogP contribution in [-0.4, -0.2) is 151 Å². The molecule has 5 saturated heterocycles. The van der Waals surface area contributed by atoms with Crippen LogP contribution in [-0.2, 0) is 9.59 Å². The van der Waals surface area contributed by atoms with Crippen LogP contribution >= 0.6 is 11.3 Å². The first-order chi connectivity index (χ1) is 40.5. The number of hydrogen-bond acceptors (Lipinski definition) is 17. The van der Waals surface area contributed by atoms with Crippen molar-refractivity contribution in [2.45, 2.75) is 121 Å². The number of nitrogens with zero attached hydrogens (tertiary/aromatic N) is 9. The van der Waals surface area contributed by atoms with E-state index in [4.69, 9.17) is 20.7 Å². The van der Waals surface area contributed by atoms with E-state index in [2.05, 4.69) is 51.4 Å². The number of aryl methyl sites for hydroxylation is 1. The smallest absolute Gasteiger partial charge is 0.319 e. The average molecular weight is 1160 g/mol. The molecule has 6 atom stereocenters. The molecule has 12 rings (SSSR count). The number of likely N-dealkylation sites (tertiary alicyclic amines) is 2. The number of thiazole rings is 1. The fraction of sp³-hybridized carbons (Fsp3) is 0.476. The summed E-state index contributed by atoms with van der Waals surface area (Å²) >= 11 is 1.58. The van der Waals surface area contributed by atoms with E-state index >= 15 is 8.78 Å². The van der Waals surface area contributed by atoms with E-state index in [1.807, 2.05) is 63.5 Å². The van der Waals surface area contributed by atoms with Gasteiger partial charge in [0.05, 0.1) is 44.8 Å². The quantitative estimate of drug-likeness (QED) is 0.0575. The van der Waals surface area contributed by atoms with Gasteiger partial charge in [-0.25, -0.2) is 13.8 Å². The van der Waals surface area contributed by atoms with Gasteiger partial charge in [-0.15, -0.1) is 17.8 Å². The molecule has 0 spiro atoms. The molecule has 5 fully saturated rings. The Morgan fingerprint density at radius 2 is 1.71 bits per heavy atom. The maximum absolute atomic E-state index is 17.1. The van der Waals surface area contributed by atoms with Crippen LogP contribution in [0.4, 0.5) is 20.4 Å². The van der Waals surface area contributed by atoms with Gasteiger partial charge in [0.1, 0.15) is 47.2 Å². The lowest BCUT2D eigenvalue weighted by atomic mass is 9.79. The van der Waals surface area contributed by atoms with Gasteiger partial charge in [-0.3, -0.25) is 19.5 Å². The summed E-state index contributed by atoms with van der Waals surface area (Å²) in [5.74, 6) is 1.16. The molecule has 2 bridgehead atoms. The maximum atomic E-state index is 17.1. The van der Waals surface area contributed by atoms with Gasteiger partial charge >= 0.3 is 6.01 Å². The molecule has 84 heavy (non-hydrogen) atoms. The highest BCUT2D eigenvalue weighted by molar-refractivity contribution is 7.13. The summed E-state index contributed by atoms with van der Waals surface area (Å²) in [4.78, 5) is 55.9. The number of rotatable bonds is 16. The highest BCUT2D eigenvalue weighted by Gasteiger charge is 2.44. The lowest BCUT2D eigenvalue weighted by Crippen LogP contribution is -2.51. The third-order valence-electron chi connectivity index (χ3n) is 18.0. The van der Waals surface area contributed by atoms with Crippen molar-refractivity contribution in [3.63, 3.8) is 0 Å². The van der Waals surface area contributed by atoms with E-state index in [1.165, 1.54) is 35.4 Å². The number of aromatic nitrogens is 5. The Hall–Kier alpha value is -7.35. The number of aliphatic hydroxyl groups is 2. The molecule has 18 nitrogen and oxygen atoms in total. The standard InChI is InChI=1S/C63H71F2N11O7S/c1-6-46-49(64)14-11-41-25-44(77)26-47(54(41)46)56-55(65)57-48(30-66-56)59(75-31-42-12-13-43(32-75)69-42)71-62(70-57)82-24-23-73-21-17-63(81,18-22-73)29-38-15-19-74(20-16-38)52-28-51(83-72-52)53(35(2)3)61(80)76-33-45(78)27-50(76)60(79)68-36(4)39-7-9-40(10-8-39)58-37(5)67-34-84-58/h1,7-11,14,25-26,28,30,34-36,38,42-43,45,50,53,69,77-78,81H,12-13,15-24,27,29,31-33H2,2-5H3,(H,68,79)/t36-,42?,43?,45+,50-,53-/m0/s1. The molecule has 3 aromatic carbocycles. The second kappa shape index (κ2) is 23.6. The number of terminal acetylenes is 1. The van der Waals surface area contributed by atoms with Gasteiger partial charge in [-0.2, -0.15) is 9.97 Å². The second-order valence-electron chi connectivity index (χ2n) is 24.1. The number of phenols is 1. The lowest BCUT2D eigenvalue weighted by Gasteiger charge is -2.41. The van der Waals surface area contributed by atoms with E-state index in [0.29, 0.717) is 99.2 Å². The highest BCUT2D eigenvalue weighted by atomic mass is 32.1. The number of aliphatic hydroxyl groups excluding tert-OH is 1. The Kier molecular flexibility index (Phi) is 16.0. The Morgan fingerprint density at radius 3 is 2.42 bits per heavy atom. The number of ether oxygens (including phenoxy) is 1. The number of carbonyl (C=O) groups is 2. The first-order valence-electron chi connectivity index (χ1n) is 29.4. The summed E-state index contributed by atoms with van der Waals surface area (Å²) in [6, 6.07) is 14.7. The molecule has 5 aliphatic rings. The van der Waals surface area contributed by atoms with Crippen molar-refractivity contribution in [2.75, 3.05) is 68.8 Å². The zero-order valence-electron chi connectivity index (χ0n) is 47.7. The van der Waals surface area contributed by atoms with Gasteiger partial charge in [-0.1, -0.05) is 55.3 Å². The zero-order valence-corrected chi connectivity index (χ0v) is 48.5. The van der Waals surface area contributed by atoms with Crippen molar-refractivity contribution in [1.82, 2.24) is 45.5 Å². The van der Waals surface area contributed by atoms with Crippen LogP contribution in [0.2, 0.25) is 0 Å². The van der Waals surface area contributed by atoms with Gasteiger partial charge < -0.3 is 49.9 Å². The predicted octanol–water partition coefficient (Wildman–Crippen LogP) is 8.26. The van der Waals surface area contributed by atoms with Gasteiger partial charge in [-0.05, 0) is 105 Å². The summed E-state index contributed by atoms with van der Waals surface area (Å²) in [5, 5.41) is 45.7. The number of hydrogen-bond donors (Lipinski definition) is 5. The fourth-order valence-electron chi connectivity index (χ4n) is 13.5. The van der Waals surface area contributed by atoms with E-state index in [-0.39, 0.29) is 94.9 Å². The fourth-order valence-corrected chi connectivity index (χ4v) is 14.3. The minimum Gasteiger partial charge on any atom is -0.508 e. The molecule has 5 N–H and O–H groups in total. The van der Waals surface area contributed by atoms with E-state index < -0.39 is 35.3 Å². The number of piperidine rings is 2. The Balaban J connectivity index is 0.647. The second-order valence-corrected chi connectivity index (χ2v) is 24.9. The van der Waals surface area contributed by atoms with Crippen LogP contribution in [0.15, 0.2) is 70.8 Å². The SMILES string of the molecule is C#Cc1c(F)ccc2cc(O)cc(-c3ncc4c(N5CC6CCC(C5)N6)nc(OCCN5CCC(O)(CC6CCN(c7cc([C@@H](C(=O)N8C[C@H](O)C[C@H]8C(=O)N[C@@H](C)c8ccc(-c9scnc9C)cc8)C(C)C)on7)CC6)CC5)nc4c3F)c12. The number of pyridine rings is 1. The van der Waals surface area contributed by atoms with E-state index in [0.717, 1.165) is 47.4 Å². The van der Waals surface area contributed by atoms with Crippen LogP contribution in [0.1, 0.15) is 107 Å². The Labute approximate surface area is 490 Å². The van der Waals surface area contributed by atoms with Crippen LogP contribution in [0.25, 0.3) is 43.4 Å². The first kappa shape index (κ1) is 57.1. The number of fused-ring (bicyclic) bond motifs is 4. The van der Waals surface area contributed by atoms with Crippen molar-refractivity contribution in [2.24, 2.45) is 11.8 Å². The van der Waals surface area contributed by atoms with Crippen molar-refractivity contribution in [3.05, 3.63) is 101 Å². The molecule has 2 unspecified atom stereocenters. The molecule has 440 valence electrons. The monoisotopic (exact) mass is 1160 g/mol. The lowest BCUT2D eigenvalue weighted by molar-refractivity contribution is -0.141. The van der Waals surface area contributed by atoms with Crippen molar-refractivity contribution in [1.29, 1.82) is 0 Å². The number of piperazine rings is 1. The highest BCUT2D eigenvalue weighted by Crippen LogP contribution is 2.41. The summed E-state index contributed by atoms with van der Waals surface area (Å²) in [6.07, 6.45) is 12.2. The number of nitrogens with one attached hydrogen (secondary N) is 2. The van der Waals surface area contributed by atoms with Crippen molar-refractivity contribution >= 4 is 56.5 Å². The molecule has 5 aliphatic heterocycles. The molecule has 0 radical (unpaired) electrons. The molecule has 2 amide bonds. The first-order valence-corrected chi connectivity index (χ1v) is 30.3. The number of β-amino-alcohol motifs (C(OH)–C–C–N with tert-alkyl or cyclic N) is 1. The topological polar surface area (TPSA) is 219 Å². The minimum atomic E-state index is -0.847. The molecular formula is C63H71F2N11O7S. The van der Waals surface area contributed by atoms with E-state index in [1.54, 1.807) is 11.3 Å². The number of phenolic OH excluding ortho intramolecular Hbond substituents is 1. The molecule has 7 aromatic rings. The number of amides is 2. The molecule has 9 heterocycles. The third kappa shape index (κ3) is 11.5. The predicted molar refractivity (Wildman–Crippen MR) is 317 cm³/mol. The number of anilines is 2. The van der Waals surface area contributed by atoms with Crippen LogP contribution in [0.3, 0.4) is 0 Å². The van der Waals surface area contributed by atoms with Crippen LogP contribution in [0, 0.1) is 42.7 Å². The Bertz CT molecular complexity index is 3620. The maximum Gasteiger partial charge on any atom is 0.319 e. The summed E-state index contributed by atoms with van der Waals surface area (Å²) in [7, 11) is 0. The summed E-state index contributed by atoms with van der Waals surface area (Å²) < 4.78 is 44.4. The minimum absolute atomic E-state index is 0.00946. The van der Waals surface area contributed by atoms with Gasteiger partial charge in [0.25, 0.3) is 0 Å². The van der Waals surface area contributed by atoms with Gasteiger partial charge in [0.2, 0.25) is 11.8 Å². The number of aromatic hydroxyl groups is 1. The largest absolute Gasteiger partial charge is 0.508 e. The molecule has 0 saturated carbocycles. The zero-order chi connectivity index (χ0) is 58.6. The molecule has 0 aliphatic carbocycles. The van der Waals surface area contributed by atoms with Crippen molar-refractivity contribution < 1.29 is 42.9 Å². The number of benzene rings is 3. The molecule has 21 heteroatoms. The average Bonchev–Trinajstić information content (AvgIpc) is 2.21.